The van der Waals surface area contributed by atoms with Crippen molar-refractivity contribution in [3.63, 3.8) is 0 Å². The van der Waals surface area contributed by atoms with Crippen molar-refractivity contribution in [3.05, 3.63) is 24.3 Å². The van der Waals surface area contributed by atoms with Crippen LogP contribution in [0.15, 0.2) is 24.3 Å². The maximum absolute atomic E-state index is 6.58. The molecule has 0 saturated heterocycles. The minimum absolute atomic E-state index is 0.476. The van der Waals surface area contributed by atoms with E-state index in [9.17, 15) is 0 Å². The number of hydrogen-bond acceptors (Lipinski definition) is 2. The molecule has 0 heterocycles. The molecule has 8 aliphatic rings. The lowest BCUT2D eigenvalue weighted by atomic mass is 9.55. The van der Waals surface area contributed by atoms with Crippen molar-refractivity contribution < 1.29 is 9.47 Å². The molecule has 9 rings (SSSR count). The van der Waals surface area contributed by atoms with E-state index in [-0.39, 0.29) is 0 Å². The van der Waals surface area contributed by atoms with Crippen molar-refractivity contribution in [1.29, 1.82) is 0 Å². The van der Waals surface area contributed by atoms with Gasteiger partial charge in [0.15, 0.2) is 0 Å². The van der Waals surface area contributed by atoms with E-state index >= 15 is 0 Å². The predicted molar refractivity (Wildman–Crippen MR) is 109 cm³/mol. The van der Waals surface area contributed by atoms with Crippen LogP contribution in [0.2, 0.25) is 0 Å². The second kappa shape index (κ2) is 6.16. The summed E-state index contributed by atoms with van der Waals surface area (Å²) in [7, 11) is 0. The van der Waals surface area contributed by atoms with Crippen molar-refractivity contribution in [2.45, 2.75) is 76.4 Å². The summed E-state index contributed by atoms with van der Waals surface area (Å²) in [5, 5.41) is 0. The SMILES string of the molecule is c1cc(OC2C3CC4CC(C3)CC2C4)ccc1OC1C2CC3CC(C2)CC1C3. The van der Waals surface area contributed by atoms with Gasteiger partial charge < -0.3 is 9.47 Å². The molecule has 0 radical (unpaired) electrons. The third kappa shape index (κ3) is 2.66. The van der Waals surface area contributed by atoms with Crippen molar-refractivity contribution in [2.75, 3.05) is 0 Å². The molecule has 0 amide bonds. The molecule has 1 aromatic carbocycles. The minimum Gasteiger partial charge on any atom is -0.490 e. The minimum atomic E-state index is 0.476. The average Bonchev–Trinajstić information content (AvgIpc) is 2.67. The fourth-order valence-electron chi connectivity index (χ4n) is 9.05. The van der Waals surface area contributed by atoms with Gasteiger partial charge in [0.25, 0.3) is 0 Å². The Labute approximate surface area is 169 Å². The van der Waals surface area contributed by atoms with E-state index in [1.165, 1.54) is 64.2 Å². The van der Waals surface area contributed by atoms with Gasteiger partial charge in [0.1, 0.15) is 23.7 Å². The third-order valence-corrected chi connectivity index (χ3v) is 9.65. The fourth-order valence-corrected chi connectivity index (χ4v) is 9.05. The summed E-state index contributed by atoms with van der Waals surface area (Å²) in [6.07, 6.45) is 15.3. The van der Waals surface area contributed by atoms with Crippen LogP contribution < -0.4 is 9.47 Å². The molecule has 0 aliphatic heterocycles. The number of rotatable bonds is 4. The van der Waals surface area contributed by atoms with Crippen LogP contribution in [0.1, 0.15) is 64.2 Å². The summed E-state index contributed by atoms with van der Waals surface area (Å²) in [5.74, 6) is 9.46. The van der Waals surface area contributed by atoms with Gasteiger partial charge in [-0.05, 0) is 136 Å². The van der Waals surface area contributed by atoms with Gasteiger partial charge in [-0.1, -0.05) is 0 Å². The molecule has 0 spiro atoms. The fraction of sp³-hybridized carbons (Fsp3) is 0.769. The highest BCUT2D eigenvalue weighted by Gasteiger charge is 2.50. The van der Waals surface area contributed by atoms with Gasteiger partial charge >= 0.3 is 0 Å². The average molecular weight is 379 g/mol. The zero-order chi connectivity index (χ0) is 18.2. The Balaban J connectivity index is 1.03. The van der Waals surface area contributed by atoms with Crippen molar-refractivity contribution >= 4 is 0 Å². The van der Waals surface area contributed by atoms with Gasteiger partial charge in [0.2, 0.25) is 0 Å². The summed E-state index contributed by atoms with van der Waals surface area (Å²) in [4.78, 5) is 0. The van der Waals surface area contributed by atoms with Crippen LogP contribution in [0.5, 0.6) is 11.5 Å². The second-order valence-corrected chi connectivity index (χ2v) is 11.5. The zero-order valence-electron chi connectivity index (χ0n) is 17.0. The number of benzene rings is 1. The zero-order valence-corrected chi connectivity index (χ0v) is 17.0. The van der Waals surface area contributed by atoms with Crippen LogP contribution in [0, 0.1) is 47.3 Å². The maximum atomic E-state index is 6.58. The molecular weight excluding hydrogens is 344 g/mol. The first-order chi connectivity index (χ1) is 13.8. The quantitative estimate of drug-likeness (QED) is 0.631. The van der Waals surface area contributed by atoms with Gasteiger partial charge in [0.05, 0.1) is 0 Å². The van der Waals surface area contributed by atoms with Gasteiger partial charge in [-0.2, -0.15) is 0 Å². The Morgan fingerprint density at radius 2 is 0.714 bits per heavy atom. The van der Waals surface area contributed by atoms with Crippen LogP contribution in [0.3, 0.4) is 0 Å². The number of ether oxygens (including phenoxy) is 2. The smallest absolute Gasteiger partial charge is 0.120 e. The van der Waals surface area contributed by atoms with Gasteiger partial charge in [-0.3, -0.25) is 0 Å². The van der Waals surface area contributed by atoms with Crippen molar-refractivity contribution in [2.24, 2.45) is 47.3 Å². The Hall–Kier alpha value is -1.18. The van der Waals surface area contributed by atoms with Crippen LogP contribution >= 0.6 is 0 Å². The molecule has 8 saturated carbocycles. The Kier molecular flexibility index (Phi) is 3.65. The second-order valence-electron chi connectivity index (χ2n) is 11.5. The summed E-state index contributed by atoms with van der Waals surface area (Å²) < 4.78 is 13.2. The molecule has 2 nitrogen and oxygen atoms in total. The Bertz CT molecular complexity index is 618. The molecule has 0 N–H and O–H groups in total. The Morgan fingerprint density at radius 3 is 1.00 bits per heavy atom. The van der Waals surface area contributed by atoms with E-state index in [1.54, 1.807) is 0 Å². The molecule has 28 heavy (non-hydrogen) atoms. The third-order valence-electron chi connectivity index (χ3n) is 9.65. The van der Waals surface area contributed by atoms with Crippen molar-refractivity contribution in [3.8, 4) is 11.5 Å². The first-order valence-electron chi connectivity index (χ1n) is 12.2. The standard InChI is InChI=1S/C26H34O2/c1-2-24(28-26-21-11-17-6-18(13-21)14-22(26)12-17)4-3-23(1)27-25-19-7-15-5-16(9-19)10-20(25)8-15/h1-4,15-22,25-26H,5-14H2. The first-order valence-corrected chi connectivity index (χ1v) is 12.2. The van der Waals surface area contributed by atoms with E-state index in [4.69, 9.17) is 9.47 Å². The molecule has 1 aromatic rings. The van der Waals surface area contributed by atoms with E-state index in [1.807, 2.05) is 0 Å². The lowest BCUT2D eigenvalue weighted by Gasteiger charge is -2.54. The van der Waals surface area contributed by atoms with Crippen LogP contribution in [0.25, 0.3) is 0 Å². The summed E-state index contributed by atoms with van der Waals surface area (Å²) in [6.45, 7) is 0. The highest BCUT2D eigenvalue weighted by atomic mass is 16.5. The first kappa shape index (κ1) is 16.6. The summed E-state index contributed by atoms with van der Waals surface area (Å²) in [5.41, 5.74) is 0. The van der Waals surface area contributed by atoms with E-state index in [2.05, 4.69) is 24.3 Å². The molecule has 0 unspecified atom stereocenters. The normalized spacial score (nSPS) is 50.1. The van der Waals surface area contributed by atoms with E-state index in [0.29, 0.717) is 12.2 Å². The molecule has 8 bridgehead atoms. The van der Waals surface area contributed by atoms with Gasteiger partial charge in [0, 0.05) is 0 Å². The number of hydrogen-bond donors (Lipinski definition) is 0. The van der Waals surface area contributed by atoms with Crippen LogP contribution in [-0.4, -0.2) is 12.2 Å². The van der Waals surface area contributed by atoms with E-state index in [0.717, 1.165) is 58.8 Å². The van der Waals surface area contributed by atoms with Crippen LogP contribution in [-0.2, 0) is 0 Å². The van der Waals surface area contributed by atoms with Crippen molar-refractivity contribution in [1.82, 2.24) is 0 Å². The molecule has 0 atom stereocenters. The predicted octanol–water partition coefficient (Wildman–Crippen LogP) is 6.09. The molecule has 150 valence electrons. The largest absolute Gasteiger partial charge is 0.490 e. The molecule has 2 heteroatoms. The molecule has 8 fully saturated rings. The summed E-state index contributed by atoms with van der Waals surface area (Å²) >= 11 is 0. The lowest BCUT2D eigenvalue weighted by Crippen LogP contribution is -2.50. The highest BCUT2D eigenvalue weighted by molar-refractivity contribution is 5.32. The summed E-state index contributed by atoms with van der Waals surface area (Å²) in [6, 6.07) is 8.71. The maximum Gasteiger partial charge on any atom is 0.120 e. The molecule has 8 aliphatic carbocycles. The monoisotopic (exact) mass is 378 g/mol. The topological polar surface area (TPSA) is 18.5 Å². The molecular formula is C26H34O2. The van der Waals surface area contributed by atoms with Gasteiger partial charge in [-0.25, -0.2) is 0 Å². The van der Waals surface area contributed by atoms with Gasteiger partial charge in [-0.15, -0.1) is 0 Å². The van der Waals surface area contributed by atoms with E-state index < -0.39 is 0 Å². The lowest BCUT2D eigenvalue weighted by molar-refractivity contribution is -0.0802. The van der Waals surface area contributed by atoms with Crippen LogP contribution in [0.4, 0.5) is 0 Å². The molecule has 0 aromatic heterocycles. The highest BCUT2D eigenvalue weighted by Crippen LogP contribution is 2.56. The Morgan fingerprint density at radius 1 is 0.429 bits per heavy atom.